The lowest BCUT2D eigenvalue weighted by molar-refractivity contribution is -0.385. The molecule has 0 heterocycles. The van der Waals surface area contributed by atoms with E-state index in [4.69, 9.17) is 20.2 Å². The number of halogens is 1. The molecule has 0 saturated carbocycles. The summed E-state index contributed by atoms with van der Waals surface area (Å²) in [7, 11) is 2.21. The summed E-state index contributed by atoms with van der Waals surface area (Å²) in [6.45, 7) is 1.51. The van der Waals surface area contributed by atoms with Crippen molar-refractivity contribution in [2.24, 2.45) is 0 Å². The van der Waals surface area contributed by atoms with Crippen LogP contribution >= 0.6 is 10.7 Å². The van der Waals surface area contributed by atoms with Gasteiger partial charge in [-0.1, -0.05) is 5.92 Å². The quantitative estimate of drug-likeness (QED) is 0.356. The van der Waals surface area contributed by atoms with Crippen LogP contribution in [0.2, 0.25) is 0 Å². The summed E-state index contributed by atoms with van der Waals surface area (Å²) in [6, 6.07) is 1.85. The Bertz CT molecular complexity index is 689. The predicted octanol–water partition coefficient (Wildman–Crippen LogP) is 1.93. The van der Waals surface area contributed by atoms with Gasteiger partial charge in [-0.05, 0) is 6.92 Å². The molecule has 0 radical (unpaired) electrons. The second kappa shape index (κ2) is 6.45. The average Bonchev–Trinajstić information content (AvgIpc) is 2.36. The molecule has 20 heavy (non-hydrogen) atoms. The number of nitrogens with zero attached hydrogens (tertiary/aromatic N) is 1. The molecule has 0 atom stereocenters. The molecular weight excluding hydrogens is 310 g/mol. The van der Waals surface area contributed by atoms with Crippen molar-refractivity contribution < 1.29 is 22.8 Å². The molecule has 0 aromatic heterocycles. The van der Waals surface area contributed by atoms with Gasteiger partial charge < -0.3 is 9.47 Å². The molecular formula is C11H10ClNO6S. The summed E-state index contributed by atoms with van der Waals surface area (Å²) < 4.78 is 33.0. The van der Waals surface area contributed by atoms with Crippen molar-refractivity contribution in [1.29, 1.82) is 0 Å². The normalized spacial score (nSPS) is 10.3. The van der Waals surface area contributed by atoms with E-state index in [1.165, 1.54) is 7.11 Å². The van der Waals surface area contributed by atoms with E-state index >= 15 is 0 Å². The topological polar surface area (TPSA) is 95.7 Å². The summed E-state index contributed by atoms with van der Waals surface area (Å²) in [5.74, 6) is 4.81. The van der Waals surface area contributed by atoms with Crippen LogP contribution < -0.4 is 9.47 Å². The number of nitro groups is 1. The van der Waals surface area contributed by atoms with Crippen molar-refractivity contribution in [1.82, 2.24) is 0 Å². The lowest BCUT2D eigenvalue weighted by atomic mass is 10.3. The van der Waals surface area contributed by atoms with Gasteiger partial charge in [-0.3, -0.25) is 10.1 Å². The number of methoxy groups -OCH3 is 1. The number of non-ortho nitro benzene ring substituents is 1. The van der Waals surface area contributed by atoms with E-state index in [-0.39, 0.29) is 18.1 Å². The third kappa shape index (κ3) is 3.76. The molecule has 0 saturated heterocycles. The zero-order valence-electron chi connectivity index (χ0n) is 10.5. The second-order valence-corrected chi connectivity index (χ2v) is 5.92. The Labute approximate surface area is 120 Å². The molecule has 0 aliphatic carbocycles. The Balaban J connectivity index is 3.49. The summed E-state index contributed by atoms with van der Waals surface area (Å²) >= 11 is 0. The van der Waals surface area contributed by atoms with Gasteiger partial charge in [0, 0.05) is 16.7 Å². The summed E-state index contributed by atoms with van der Waals surface area (Å²) in [4.78, 5) is 9.51. The minimum absolute atomic E-state index is 0.0736. The average molecular weight is 320 g/mol. The maximum Gasteiger partial charge on any atom is 0.274 e. The Morgan fingerprint density at radius 2 is 2.10 bits per heavy atom. The third-order valence-corrected chi connectivity index (χ3v) is 3.49. The number of hydrogen-bond donors (Lipinski definition) is 0. The lowest BCUT2D eigenvalue weighted by Gasteiger charge is -2.11. The van der Waals surface area contributed by atoms with E-state index in [1.807, 2.05) is 0 Å². The predicted molar refractivity (Wildman–Crippen MR) is 71.6 cm³/mol. The van der Waals surface area contributed by atoms with Crippen LogP contribution in [0.25, 0.3) is 0 Å². The highest BCUT2D eigenvalue weighted by Crippen LogP contribution is 2.39. The van der Waals surface area contributed by atoms with Crippen molar-refractivity contribution in [2.75, 3.05) is 13.7 Å². The van der Waals surface area contributed by atoms with Crippen LogP contribution in [0, 0.1) is 22.0 Å². The summed E-state index contributed by atoms with van der Waals surface area (Å²) in [5, 5.41) is 10.8. The monoisotopic (exact) mass is 319 g/mol. The second-order valence-electron chi connectivity index (χ2n) is 3.39. The van der Waals surface area contributed by atoms with Gasteiger partial charge in [0.1, 0.15) is 11.5 Å². The van der Waals surface area contributed by atoms with Crippen LogP contribution in [0.4, 0.5) is 5.69 Å². The Kier molecular flexibility index (Phi) is 5.19. The van der Waals surface area contributed by atoms with Crippen LogP contribution in [0.5, 0.6) is 11.5 Å². The largest absolute Gasteiger partial charge is 0.492 e. The zero-order chi connectivity index (χ0) is 15.3. The van der Waals surface area contributed by atoms with E-state index in [2.05, 4.69) is 11.8 Å². The maximum absolute atomic E-state index is 11.4. The van der Waals surface area contributed by atoms with Crippen molar-refractivity contribution in [3.05, 3.63) is 22.2 Å². The fourth-order valence-corrected chi connectivity index (χ4v) is 2.35. The molecule has 0 unspecified atom stereocenters. The number of hydrogen-bond acceptors (Lipinski definition) is 6. The van der Waals surface area contributed by atoms with Gasteiger partial charge in [0.2, 0.25) is 0 Å². The van der Waals surface area contributed by atoms with Crippen molar-refractivity contribution in [3.63, 3.8) is 0 Å². The van der Waals surface area contributed by atoms with E-state index in [0.29, 0.717) is 0 Å². The Morgan fingerprint density at radius 1 is 1.45 bits per heavy atom. The van der Waals surface area contributed by atoms with Gasteiger partial charge in [-0.15, -0.1) is 5.92 Å². The molecule has 108 valence electrons. The van der Waals surface area contributed by atoms with Crippen LogP contribution in [0.1, 0.15) is 6.92 Å². The Morgan fingerprint density at radius 3 is 2.55 bits per heavy atom. The minimum Gasteiger partial charge on any atom is -0.492 e. The SMILES string of the molecule is CC#CCOc1cc([N+](=O)[O-])cc(S(=O)(=O)Cl)c1OC. The van der Waals surface area contributed by atoms with Crippen molar-refractivity contribution in [2.45, 2.75) is 11.8 Å². The number of ether oxygens (including phenoxy) is 2. The molecule has 0 aliphatic heterocycles. The van der Waals surface area contributed by atoms with Crippen LogP contribution in [0.15, 0.2) is 17.0 Å². The number of nitro benzene ring substituents is 1. The smallest absolute Gasteiger partial charge is 0.274 e. The standard InChI is InChI=1S/C11H10ClNO6S/c1-3-4-5-19-9-6-8(13(14)15)7-10(11(9)18-2)20(12,16)17/h6-7H,5H2,1-2H3. The fourth-order valence-electron chi connectivity index (χ4n) is 1.34. The first-order chi connectivity index (χ1) is 9.31. The van der Waals surface area contributed by atoms with E-state index in [9.17, 15) is 18.5 Å². The van der Waals surface area contributed by atoms with Gasteiger partial charge >= 0.3 is 0 Å². The molecule has 0 amide bonds. The molecule has 1 aromatic carbocycles. The molecule has 0 bridgehead atoms. The first kappa shape index (κ1) is 16.1. The van der Waals surface area contributed by atoms with Crippen LogP contribution in [-0.4, -0.2) is 27.1 Å². The molecule has 0 spiro atoms. The highest BCUT2D eigenvalue weighted by atomic mass is 35.7. The van der Waals surface area contributed by atoms with Crippen molar-refractivity contribution in [3.8, 4) is 23.3 Å². The molecule has 0 aliphatic rings. The first-order valence-corrected chi connectivity index (χ1v) is 7.45. The van der Waals surface area contributed by atoms with Gasteiger partial charge in [-0.25, -0.2) is 8.42 Å². The lowest BCUT2D eigenvalue weighted by Crippen LogP contribution is -2.03. The molecule has 1 rings (SSSR count). The van der Waals surface area contributed by atoms with Gasteiger partial charge in [-0.2, -0.15) is 0 Å². The van der Waals surface area contributed by atoms with Crippen LogP contribution in [-0.2, 0) is 9.05 Å². The molecule has 9 heteroatoms. The number of rotatable bonds is 5. The van der Waals surface area contributed by atoms with E-state index < -0.39 is 24.6 Å². The summed E-state index contributed by atoms with van der Waals surface area (Å²) in [6.07, 6.45) is 0. The van der Waals surface area contributed by atoms with Gasteiger partial charge in [0.05, 0.1) is 18.1 Å². The first-order valence-electron chi connectivity index (χ1n) is 5.14. The minimum atomic E-state index is -4.23. The van der Waals surface area contributed by atoms with E-state index in [0.717, 1.165) is 12.1 Å². The highest BCUT2D eigenvalue weighted by molar-refractivity contribution is 8.13. The van der Waals surface area contributed by atoms with Gasteiger partial charge in [0.25, 0.3) is 14.7 Å². The fraction of sp³-hybridized carbons (Fsp3) is 0.273. The molecule has 0 N–H and O–H groups in total. The van der Waals surface area contributed by atoms with Crippen LogP contribution in [0.3, 0.4) is 0 Å². The van der Waals surface area contributed by atoms with E-state index in [1.54, 1.807) is 6.92 Å². The molecule has 1 aromatic rings. The molecule has 7 nitrogen and oxygen atoms in total. The zero-order valence-corrected chi connectivity index (χ0v) is 12.1. The highest BCUT2D eigenvalue weighted by Gasteiger charge is 2.25. The summed E-state index contributed by atoms with van der Waals surface area (Å²) in [5.41, 5.74) is -0.482. The maximum atomic E-state index is 11.4. The van der Waals surface area contributed by atoms with Gasteiger partial charge in [0.15, 0.2) is 11.5 Å². The Hall–Kier alpha value is -1.98. The third-order valence-electron chi connectivity index (χ3n) is 2.16. The number of benzene rings is 1. The van der Waals surface area contributed by atoms with Crippen molar-refractivity contribution >= 4 is 25.4 Å². The molecule has 0 fully saturated rings.